The van der Waals surface area contributed by atoms with Crippen molar-refractivity contribution in [2.75, 3.05) is 25.0 Å². The summed E-state index contributed by atoms with van der Waals surface area (Å²) in [6.45, 7) is 1.83. The number of nitrogens with one attached hydrogen (secondary N) is 1. The van der Waals surface area contributed by atoms with Crippen LogP contribution < -0.4 is 5.32 Å². The Balaban J connectivity index is 1.48. The largest absolute Gasteiger partial charge is 0.418 e. The molecule has 1 amide bonds. The predicted octanol–water partition coefficient (Wildman–Crippen LogP) is 4.98. The molecule has 0 bridgehead atoms. The van der Waals surface area contributed by atoms with Crippen LogP contribution in [0.1, 0.15) is 24.0 Å². The molecule has 8 heteroatoms. The summed E-state index contributed by atoms with van der Waals surface area (Å²) < 4.78 is 45.3. The average molecular weight is 427 g/mol. The minimum absolute atomic E-state index is 0.00786. The maximum Gasteiger partial charge on any atom is 0.418 e. The van der Waals surface area contributed by atoms with E-state index in [1.807, 2.05) is 35.2 Å². The molecule has 1 fully saturated rings. The van der Waals surface area contributed by atoms with E-state index in [2.05, 4.69) is 5.32 Å². The summed E-state index contributed by atoms with van der Waals surface area (Å²) in [7, 11) is 0. The van der Waals surface area contributed by atoms with Crippen molar-refractivity contribution in [1.82, 2.24) is 4.90 Å². The average Bonchev–Trinajstić information content (AvgIpc) is 2.69. The maximum atomic E-state index is 13.1. The first-order valence-corrected chi connectivity index (χ1v) is 9.74. The second kappa shape index (κ2) is 9.61. The van der Waals surface area contributed by atoms with Crippen LogP contribution in [0.2, 0.25) is 5.02 Å². The van der Waals surface area contributed by atoms with Gasteiger partial charge in [0.1, 0.15) is 0 Å². The number of benzene rings is 2. The molecular weight excluding hydrogens is 405 g/mol. The summed E-state index contributed by atoms with van der Waals surface area (Å²) in [6, 6.07) is 13.3. The van der Waals surface area contributed by atoms with Crippen LogP contribution in [-0.2, 0) is 22.3 Å². The number of rotatable bonds is 6. The first-order chi connectivity index (χ1) is 13.8. The highest BCUT2D eigenvalue weighted by Crippen LogP contribution is 2.38. The summed E-state index contributed by atoms with van der Waals surface area (Å²) >= 11 is 5.88. The third kappa shape index (κ3) is 6.19. The van der Waals surface area contributed by atoms with Gasteiger partial charge in [-0.05, 0) is 30.5 Å². The number of halogens is 4. The Kier molecular flexibility index (Phi) is 7.16. The van der Waals surface area contributed by atoms with E-state index in [-0.39, 0.29) is 17.7 Å². The summed E-state index contributed by atoms with van der Waals surface area (Å²) in [5, 5.41) is 2.19. The van der Waals surface area contributed by atoms with Crippen molar-refractivity contribution in [2.24, 2.45) is 0 Å². The van der Waals surface area contributed by atoms with Gasteiger partial charge in [-0.25, -0.2) is 0 Å². The molecular formula is C21H22ClF3N2O2. The first-order valence-electron chi connectivity index (χ1n) is 9.36. The molecule has 1 N–H and O–H groups in total. The third-order valence-corrected chi connectivity index (χ3v) is 5.13. The predicted molar refractivity (Wildman–Crippen MR) is 106 cm³/mol. The van der Waals surface area contributed by atoms with E-state index >= 15 is 0 Å². The Morgan fingerprint density at radius 3 is 2.45 bits per heavy atom. The molecule has 0 aromatic heterocycles. The molecule has 0 spiro atoms. The highest BCUT2D eigenvalue weighted by molar-refractivity contribution is 6.34. The minimum atomic E-state index is -4.60. The zero-order valence-electron chi connectivity index (χ0n) is 15.7. The zero-order valence-corrected chi connectivity index (χ0v) is 16.5. The van der Waals surface area contributed by atoms with Crippen LogP contribution in [-0.4, -0.2) is 36.5 Å². The molecule has 1 aliphatic rings. The summed E-state index contributed by atoms with van der Waals surface area (Å²) in [5.41, 5.74) is -0.242. The molecule has 156 valence electrons. The summed E-state index contributed by atoms with van der Waals surface area (Å²) in [5.74, 6) is -0.521. The quantitative estimate of drug-likeness (QED) is 0.708. The molecule has 1 saturated heterocycles. The van der Waals surface area contributed by atoms with Crippen molar-refractivity contribution in [1.29, 1.82) is 0 Å². The Hall–Kier alpha value is -2.09. The fourth-order valence-electron chi connectivity index (χ4n) is 3.29. The monoisotopic (exact) mass is 426 g/mol. The molecule has 0 atom stereocenters. The van der Waals surface area contributed by atoms with Crippen molar-refractivity contribution < 1.29 is 22.7 Å². The molecule has 29 heavy (non-hydrogen) atoms. The number of carbonyl (C=O) groups is 1. The molecule has 1 aliphatic heterocycles. The molecule has 1 heterocycles. The molecule has 0 radical (unpaired) electrons. The van der Waals surface area contributed by atoms with Gasteiger partial charge in [0.05, 0.1) is 35.5 Å². The standard InChI is InChI=1S/C21H22ClF3N2O2/c22-18-8-4-7-17(21(23,24)25)20(18)26-19(28)13-27-11-9-16(10-12-27)29-14-15-5-2-1-3-6-15/h1-8,16H,9-14H2,(H,26,28). The number of hydrogen-bond donors (Lipinski definition) is 1. The topological polar surface area (TPSA) is 41.6 Å². The summed E-state index contributed by atoms with van der Waals surface area (Å²) in [4.78, 5) is 14.2. The van der Waals surface area contributed by atoms with Gasteiger partial charge in [0.15, 0.2) is 0 Å². The van der Waals surface area contributed by atoms with Crippen molar-refractivity contribution in [3.63, 3.8) is 0 Å². The minimum Gasteiger partial charge on any atom is -0.373 e. The molecule has 2 aromatic rings. The molecule has 2 aromatic carbocycles. The lowest BCUT2D eigenvalue weighted by molar-refractivity contribution is -0.137. The van der Waals surface area contributed by atoms with E-state index in [1.54, 1.807) is 0 Å². The van der Waals surface area contributed by atoms with Crippen LogP contribution >= 0.6 is 11.6 Å². The number of anilines is 1. The number of ether oxygens (including phenoxy) is 1. The Morgan fingerprint density at radius 2 is 1.79 bits per heavy atom. The second-order valence-corrected chi connectivity index (χ2v) is 7.39. The van der Waals surface area contributed by atoms with E-state index in [1.165, 1.54) is 12.1 Å². The van der Waals surface area contributed by atoms with Crippen LogP contribution in [0.25, 0.3) is 0 Å². The number of nitrogens with zero attached hydrogens (tertiary/aromatic N) is 1. The van der Waals surface area contributed by atoms with Gasteiger partial charge in [0.25, 0.3) is 0 Å². The van der Waals surface area contributed by atoms with Crippen molar-refractivity contribution in [3.05, 3.63) is 64.7 Å². The van der Waals surface area contributed by atoms with Crippen LogP contribution in [0, 0.1) is 0 Å². The number of para-hydroxylation sites is 1. The number of piperidine rings is 1. The van der Waals surface area contributed by atoms with Gasteiger partial charge in [-0.2, -0.15) is 13.2 Å². The van der Waals surface area contributed by atoms with Crippen LogP contribution in [0.15, 0.2) is 48.5 Å². The van der Waals surface area contributed by atoms with Gasteiger partial charge < -0.3 is 10.1 Å². The lowest BCUT2D eigenvalue weighted by Gasteiger charge is -2.31. The van der Waals surface area contributed by atoms with E-state index in [4.69, 9.17) is 16.3 Å². The number of alkyl halides is 3. The van der Waals surface area contributed by atoms with Crippen molar-refractivity contribution in [3.8, 4) is 0 Å². The van der Waals surface area contributed by atoms with Crippen LogP contribution in [0.5, 0.6) is 0 Å². The van der Waals surface area contributed by atoms with Gasteiger partial charge in [-0.3, -0.25) is 9.69 Å². The van der Waals surface area contributed by atoms with E-state index < -0.39 is 23.3 Å². The zero-order chi connectivity index (χ0) is 20.9. The number of amides is 1. The summed E-state index contributed by atoms with van der Waals surface area (Å²) in [6.07, 6.45) is -2.96. The van der Waals surface area contributed by atoms with Crippen LogP contribution in [0.4, 0.5) is 18.9 Å². The molecule has 0 saturated carbocycles. The first kappa shape index (κ1) is 21.6. The van der Waals surface area contributed by atoms with Gasteiger partial charge >= 0.3 is 6.18 Å². The Bertz CT molecular complexity index is 822. The Morgan fingerprint density at radius 1 is 1.10 bits per heavy atom. The van der Waals surface area contributed by atoms with Crippen molar-refractivity contribution >= 4 is 23.2 Å². The smallest absolute Gasteiger partial charge is 0.373 e. The fraction of sp³-hybridized carbons (Fsp3) is 0.381. The molecule has 0 aliphatic carbocycles. The number of likely N-dealkylation sites (tertiary alicyclic amines) is 1. The van der Waals surface area contributed by atoms with E-state index in [0.29, 0.717) is 19.7 Å². The molecule has 4 nitrogen and oxygen atoms in total. The van der Waals surface area contributed by atoms with Crippen LogP contribution in [0.3, 0.4) is 0 Å². The van der Waals surface area contributed by atoms with E-state index in [9.17, 15) is 18.0 Å². The SMILES string of the molecule is O=C(CN1CCC(OCc2ccccc2)CC1)Nc1c(Cl)cccc1C(F)(F)F. The normalized spacial score (nSPS) is 16.0. The Labute approximate surface area is 172 Å². The van der Waals surface area contributed by atoms with E-state index in [0.717, 1.165) is 24.5 Å². The van der Waals surface area contributed by atoms with Crippen molar-refractivity contribution in [2.45, 2.75) is 31.7 Å². The lowest BCUT2D eigenvalue weighted by atomic mass is 10.1. The fourth-order valence-corrected chi connectivity index (χ4v) is 3.51. The number of carbonyl (C=O) groups excluding carboxylic acids is 1. The maximum absolute atomic E-state index is 13.1. The lowest BCUT2D eigenvalue weighted by Crippen LogP contribution is -2.41. The second-order valence-electron chi connectivity index (χ2n) is 6.98. The molecule has 3 rings (SSSR count). The van der Waals surface area contributed by atoms with Gasteiger partial charge in [0, 0.05) is 13.1 Å². The highest BCUT2D eigenvalue weighted by atomic mass is 35.5. The molecule has 0 unspecified atom stereocenters. The van der Waals surface area contributed by atoms with Gasteiger partial charge in [-0.15, -0.1) is 0 Å². The highest BCUT2D eigenvalue weighted by Gasteiger charge is 2.35. The number of hydrogen-bond acceptors (Lipinski definition) is 3. The van der Waals surface area contributed by atoms with Gasteiger partial charge in [-0.1, -0.05) is 48.0 Å². The third-order valence-electron chi connectivity index (χ3n) is 4.81. The van der Waals surface area contributed by atoms with Gasteiger partial charge in [0.2, 0.25) is 5.91 Å².